The van der Waals surface area contributed by atoms with Gasteiger partial charge in [0, 0.05) is 11.6 Å². The first kappa shape index (κ1) is 27.0. The molecule has 0 N–H and O–H groups in total. The first-order chi connectivity index (χ1) is 20.7. The summed E-state index contributed by atoms with van der Waals surface area (Å²) in [5.41, 5.74) is 0.512. The molecule has 2 bridgehead atoms. The topological polar surface area (TPSA) is 133 Å². The lowest BCUT2D eigenvalue weighted by molar-refractivity contribution is -0.385. The van der Waals surface area contributed by atoms with Crippen molar-refractivity contribution < 1.29 is 33.6 Å². The van der Waals surface area contributed by atoms with E-state index in [-0.39, 0.29) is 68.8 Å². The van der Waals surface area contributed by atoms with Crippen LogP contribution in [0.3, 0.4) is 0 Å². The third-order valence-corrected chi connectivity index (χ3v) is 9.20. The lowest BCUT2D eigenvalue weighted by Crippen LogP contribution is -2.40. The minimum Gasteiger partial charge on any atom is -0.454 e. The largest absolute Gasteiger partial charge is 0.454 e. The van der Waals surface area contributed by atoms with Crippen LogP contribution >= 0.6 is 11.6 Å². The van der Waals surface area contributed by atoms with Crippen LogP contribution in [0.25, 0.3) is 0 Å². The molecule has 1 saturated heterocycles. The van der Waals surface area contributed by atoms with Crippen LogP contribution in [0.5, 0.6) is 11.5 Å². The minimum absolute atomic E-state index is 0.0615. The highest BCUT2D eigenvalue weighted by atomic mass is 35.5. The number of allylic oxidation sites excluding steroid dienone is 2. The number of ketones is 1. The number of para-hydroxylation sites is 1. The first-order valence-corrected chi connectivity index (χ1v) is 14.2. The molecule has 1 aliphatic heterocycles. The number of imide groups is 1. The first-order valence-electron chi connectivity index (χ1n) is 13.8. The average Bonchev–Trinajstić information content (AvgIpc) is 3.79. The SMILES string of the molecule is O=C(COC(=O)c1ccc(N2C(=O)C3C4C=CC(C5CC45)C3C2=O)cc1)c1ccc(Oc2c(Cl)cccc2[N+](=O)[O-])cc1. The van der Waals surface area contributed by atoms with Gasteiger partial charge in [-0.2, -0.15) is 0 Å². The summed E-state index contributed by atoms with van der Waals surface area (Å²) in [4.78, 5) is 63.8. The van der Waals surface area contributed by atoms with E-state index < -0.39 is 23.3 Å². The third kappa shape index (κ3) is 4.49. The Balaban J connectivity index is 0.967. The molecule has 5 aliphatic rings. The van der Waals surface area contributed by atoms with Crippen LogP contribution in [-0.2, 0) is 14.3 Å². The maximum Gasteiger partial charge on any atom is 0.338 e. The highest BCUT2D eigenvalue weighted by Gasteiger charge is 2.67. The smallest absolute Gasteiger partial charge is 0.338 e. The van der Waals surface area contributed by atoms with Crippen LogP contribution in [0, 0.1) is 45.6 Å². The van der Waals surface area contributed by atoms with Gasteiger partial charge in [-0.25, -0.2) is 4.79 Å². The van der Waals surface area contributed by atoms with Crippen molar-refractivity contribution in [1.82, 2.24) is 0 Å². The van der Waals surface area contributed by atoms with Crippen LogP contribution in [0.1, 0.15) is 27.1 Å². The molecule has 4 aliphatic carbocycles. The van der Waals surface area contributed by atoms with E-state index in [9.17, 15) is 29.3 Å². The summed E-state index contributed by atoms with van der Waals surface area (Å²) in [6, 6.07) is 16.0. The van der Waals surface area contributed by atoms with E-state index in [1.54, 1.807) is 12.1 Å². The monoisotopic (exact) mass is 598 g/mol. The zero-order valence-electron chi connectivity index (χ0n) is 22.4. The predicted octanol–water partition coefficient (Wildman–Crippen LogP) is 5.64. The Morgan fingerprint density at radius 1 is 0.884 bits per heavy atom. The average molecular weight is 599 g/mol. The van der Waals surface area contributed by atoms with Gasteiger partial charge in [-0.3, -0.25) is 29.4 Å². The second-order valence-corrected chi connectivity index (χ2v) is 11.6. The zero-order valence-corrected chi connectivity index (χ0v) is 23.2. The number of hydrogen-bond acceptors (Lipinski definition) is 8. The van der Waals surface area contributed by atoms with E-state index in [0.29, 0.717) is 17.5 Å². The van der Waals surface area contributed by atoms with Crippen molar-refractivity contribution in [1.29, 1.82) is 0 Å². The van der Waals surface area contributed by atoms with Crippen LogP contribution in [0.2, 0.25) is 5.02 Å². The zero-order chi connectivity index (χ0) is 30.0. The van der Waals surface area contributed by atoms with Crippen LogP contribution < -0.4 is 9.64 Å². The van der Waals surface area contributed by atoms with Crippen molar-refractivity contribution in [3.63, 3.8) is 0 Å². The molecule has 0 radical (unpaired) electrons. The van der Waals surface area contributed by atoms with E-state index in [2.05, 4.69) is 12.2 Å². The van der Waals surface area contributed by atoms with E-state index in [1.807, 2.05) is 0 Å². The molecule has 2 amide bonds. The fraction of sp³-hybridized carbons (Fsp3) is 0.250. The molecule has 1 heterocycles. The number of nitrogens with zero attached hydrogens (tertiary/aromatic N) is 2. The number of benzene rings is 3. The lowest BCUT2D eigenvalue weighted by Gasteiger charge is -2.37. The number of amides is 2. The maximum atomic E-state index is 13.3. The molecular weight excluding hydrogens is 576 g/mol. The van der Waals surface area contributed by atoms with E-state index in [1.165, 1.54) is 59.5 Å². The van der Waals surface area contributed by atoms with Crippen molar-refractivity contribution in [2.24, 2.45) is 35.5 Å². The molecule has 3 aromatic carbocycles. The summed E-state index contributed by atoms with van der Waals surface area (Å²) >= 11 is 6.06. The van der Waals surface area contributed by atoms with Crippen molar-refractivity contribution in [3.8, 4) is 11.5 Å². The molecule has 6 unspecified atom stereocenters. The molecule has 43 heavy (non-hydrogen) atoms. The van der Waals surface area contributed by atoms with Crippen molar-refractivity contribution >= 4 is 46.5 Å². The molecule has 0 spiro atoms. The van der Waals surface area contributed by atoms with Gasteiger partial charge in [0.05, 0.1) is 33.0 Å². The Hall–Kier alpha value is -4.83. The van der Waals surface area contributed by atoms with Gasteiger partial charge in [-0.05, 0) is 84.7 Å². The number of halogens is 1. The van der Waals surface area contributed by atoms with Gasteiger partial charge >= 0.3 is 11.7 Å². The Labute approximate surface area is 250 Å². The highest BCUT2D eigenvalue weighted by Crippen LogP contribution is 2.65. The number of nitro benzene ring substituents is 1. The van der Waals surface area contributed by atoms with E-state index in [0.717, 1.165) is 6.42 Å². The normalized spacial score (nSPS) is 26.1. The number of carbonyl (C=O) groups excluding carboxylic acids is 4. The van der Waals surface area contributed by atoms with Gasteiger partial charge in [0.15, 0.2) is 12.4 Å². The Morgan fingerprint density at radius 2 is 1.49 bits per heavy atom. The summed E-state index contributed by atoms with van der Waals surface area (Å²) in [7, 11) is 0. The minimum atomic E-state index is -0.735. The molecule has 3 aromatic rings. The Morgan fingerprint density at radius 3 is 2.09 bits per heavy atom. The summed E-state index contributed by atoms with van der Waals surface area (Å²) in [6.07, 6.45) is 5.32. The molecule has 0 aromatic heterocycles. The number of ether oxygens (including phenoxy) is 2. The third-order valence-electron chi connectivity index (χ3n) is 8.90. The molecule has 3 fully saturated rings. The number of hydrogen-bond donors (Lipinski definition) is 0. The Kier molecular flexibility index (Phi) is 6.39. The fourth-order valence-corrected chi connectivity index (χ4v) is 7.03. The molecule has 216 valence electrons. The molecule has 10 nitrogen and oxygen atoms in total. The number of anilines is 1. The van der Waals surface area contributed by atoms with Gasteiger partial charge in [-0.15, -0.1) is 0 Å². The summed E-state index contributed by atoms with van der Waals surface area (Å²) in [5, 5.41) is 11.3. The van der Waals surface area contributed by atoms with Gasteiger partial charge in [0.25, 0.3) is 0 Å². The van der Waals surface area contributed by atoms with Gasteiger partial charge in [0.2, 0.25) is 17.6 Å². The second kappa shape index (κ2) is 10.2. The van der Waals surface area contributed by atoms with Gasteiger partial charge < -0.3 is 9.47 Å². The Bertz CT molecular complexity index is 1700. The summed E-state index contributed by atoms with van der Waals surface area (Å²) < 4.78 is 10.8. The standard InChI is InChI=1S/C32H23ClN2O8/c33-24-2-1-3-25(35(40)41)29(24)43-19-10-6-16(7-11-19)26(36)15-42-32(39)17-4-8-18(9-5-17)34-30(37)27-20-12-13-21(23-14-22(20)23)28(27)31(34)38/h1-13,20-23,27-28H,14-15H2. The number of rotatable bonds is 8. The van der Waals surface area contributed by atoms with Crippen LogP contribution in [-0.4, -0.2) is 35.1 Å². The molecule has 8 rings (SSSR count). The van der Waals surface area contributed by atoms with Crippen LogP contribution in [0.15, 0.2) is 78.9 Å². The highest BCUT2D eigenvalue weighted by molar-refractivity contribution is 6.32. The number of nitro groups is 1. The quantitative estimate of drug-likeness (QED) is 0.0812. The lowest BCUT2D eigenvalue weighted by atomic mass is 9.63. The van der Waals surface area contributed by atoms with Crippen molar-refractivity contribution in [2.75, 3.05) is 11.5 Å². The molecular formula is C32H23ClN2O8. The number of esters is 1. The van der Waals surface area contributed by atoms with E-state index >= 15 is 0 Å². The van der Waals surface area contributed by atoms with Crippen molar-refractivity contribution in [3.05, 3.63) is 105 Å². The van der Waals surface area contributed by atoms with E-state index in [4.69, 9.17) is 21.1 Å². The van der Waals surface area contributed by atoms with Gasteiger partial charge in [-0.1, -0.05) is 29.8 Å². The molecule has 2 saturated carbocycles. The predicted molar refractivity (Wildman–Crippen MR) is 153 cm³/mol. The number of Topliss-reactive ketones (excluding diaryl/α,β-unsaturated/α-hetero) is 1. The second-order valence-electron chi connectivity index (χ2n) is 11.2. The molecule has 6 atom stereocenters. The number of carbonyl (C=O) groups is 4. The summed E-state index contributed by atoms with van der Waals surface area (Å²) in [5.74, 6) is -0.809. The summed E-state index contributed by atoms with van der Waals surface area (Å²) in [6.45, 7) is -0.526. The van der Waals surface area contributed by atoms with Gasteiger partial charge in [0.1, 0.15) is 5.75 Å². The molecule has 11 heteroatoms. The maximum absolute atomic E-state index is 13.3. The van der Waals surface area contributed by atoms with Crippen LogP contribution in [0.4, 0.5) is 11.4 Å². The van der Waals surface area contributed by atoms with Crippen molar-refractivity contribution in [2.45, 2.75) is 6.42 Å². The fourth-order valence-electron chi connectivity index (χ4n) is 6.82.